The summed E-state index contributed by atoms with van der Waals surface area (Å²) in [6.45, 7) is 0. The zero-order chi connectivity index (χ0) is 19.8. The van der Waals surface area contributed by atoms with Crippen LogP contribution < -0.4 is 5.01 Å². The first-order valence-electron chi connectivity index (χ1n) is 6.50. The molecule has 0 bridgehead atoms. The van der Waals surface area contributed by atoms with E-state index < -0.39 is 45.1 Å². The van der Waals surface area contributed by atoms with Crippen LogP contribution in [0.5, 0.6) is 0 Å². The van der Waals surface area contributed by atoms with Gasteiger partial charge in [-0.1, -0.05) is 24.3 Å². The zero-order valence-corrected chi connectivity index (χ0v) is 15.1. The van der Waals surface area contributed by atoms with Crippen LogP contribution in [-0.4, -0.2) is 42.7 Å². The highest BCUT2D eigenvalue weighted by molar-refractivity contribution is 7.98. The summed E-state index contributed by atoms with van der Waals surface area (Å²) >= 11 is 0. The number of benzene rings is 2. The normalized spacial score (nSPS) is 12.9. The molecule has 0 radical (unpaired) electrons. The molecule has 0 saturated carbocycles. The Kier molecular flexibility index (Phi) is 5.39. The van der Waals surface area contributed by atoms with Crippen molar-refractivity contribution in [2.75, 3.05) is 5.01 Å². The molecule has 0 heterocycles. The van der Waals surface area contributed by atoms with Crippen LogP contribution in [0.1, 0.15) is 0 Å². The number of rotatable bonds is 6. The van der Waals surface area contributed by atoms with Crippen molar-refractivity contribution in [2.45, 2.75) is 4.90 Å². The molecule has 2 rings (SSSR count). The van der Waals surface area contributed by atoms with Crippen molar-refractivity contribution in [1.82, 2.24) is 3.82 Å². The van der Waals surface area contributed by atoms with Gasteiger partial charge < -0.3 is 0 Å². The molecule has 0 saturated heterocycles. The molecule has 0 fully saturated rings. The Morgan fingerprint density at radius 1 is 0.654 bits per heavy atom. The molecule has 11 nitrogen and oxygen atoms in total. The monoisotopic (exact) mass is 424 g/mol. The summed E-state index contributed by atoms with van der Waals surface area (Å²) in [6, 6.07) is 10.6. The van der Waals surface area contributed by atoms with Crippen molar-refractivity contribution in [1.29, 1.82) is 0 Å². The van der Waals surface area contributed by atoms with Crippen molar-refractivity contribution in [2.24, 2.45) is 0 Å². The molecular formula is C12H12N2O9S3. The lowest BCUT2D eigenvalue weighted by molar-refractivity contribution is 0.385. The number of hydrogen-bond acceptors (Lipinski definition) is 7. The second-order valence-electron chi connectivity index (χ2n) is 4.75. The number of hydrogen-bond donors (Lipinski definition) is 3. The van der Waals surface area contributed by atoms with Gasteiger partial charge in [-0.3, -0.25) is 13.7 Å². The van der Waals surface area contributed by atoms with Crippen LogP contribution >= 0.6 is 0 Å². The minimum Gasteiger partial charge on any atom is -0.282 e. The minimum absolute atomic E-state index is 0.171. The SMILES string of the molecule is O=S(=O)(O)c1cccc(N(c2ccccc2)N(S(=O)(=O)O)S(=O)(=O)O)c1. The lowest BCUT2D eigenvalue weighted by atomic mass is 10.2. The van der Waals surface area contributed by atoms with Crippen LogP contribution in [0, 0.1) is 0 Å². The molecule has 0 aliphatic heterocycles. The van der Waals surface area contributed by atoms with Gasteiger partial charge in [0.25, 0.3) is 10.1 Å². The minimum atomic E-state index is -5.56. The average molecular weight is 424 g/mol. The molecule has 2 aromatic carbocycles. The molecule has 14 heteroatoms. The Hall–Kier alpha value is -2.07. The predicted octanol–water partition coefficient (Wildman–Crippen LogP) is 0.894. The lowest BCUT2D eigenvalue weighted by Crippen LogP contribution is -2.47. The fraction of sp³-hybridized carbons (Fsp3) is 0. The maximum atomic E-state index is 11.6. The van der Waals surface area contributed by atoms with Crippen molar-refractivity contribution in [3.05, 3.63) is 54.6 Å². The van der Waals surface area contributed by atoms with Gasteiger partial charge >= 0.3 is 20.6 Å². The topological polar surface area (TPSA) is 170 Å². The van der Waals surface area contributed by atoms with Gasteiger partial charge in [-0.2, -0.15) is 25.3 Å². The Morgan fingerprint density at radius 2 is 1.15 bits per heavy atom. The first-order chi connectivity index (χ1) is 11.8. The molecule has 0 aromatic heterocycles. The smallest absolute Gasteiger partial charge is 0.282 e. The lowest BCUT2D eigenvalue weighted by Gasteiger charge is -2.30. The van der Waals surface area contributed by atoms with Gasteiger partial charge in [-0.05, 0) is 30.3 Å². The van der Waals surface area contributed by atoms with Crippen LogP contribution in [0.4, 0.5) is 11.4 Å². The Labute approximate surface area is 149 Å². The number of nitrogens with zero attached hydrogens (tertiary/aromatic N) is 2. The van der Waals surface area contributed by atoms with Gasteiger partial charge in [0.1, 0.15) is 0 Å². The van der Waals surface area contributed by atoms with E-state index in [2.05, 4.69) is 0 Å². The largest absolute Gasteiger partial charge is 0.369 e. The summed E-state index contributed by atoms with van der Waals surface area (Å²) in [5.41, 5.74) is -0.586. The zero-order valence-electron chi connectivity index (χ0n) is 12.6. The van der Waals surface area contributed by atoms with Crippen molar-refractivity contribution in [3.63, 3.8) is 0 Å². The summed E-state index contributed by atoms with van der Waals surface area (Å²) in [5, 5.41) is 0.333. The van der Waals surface area contributed by atoms with Gasteiger partial charge in [-0.25, -0.2) is 5.01 Å². The van der Waals surface area contributed by atoms with Gasteiger partial charge in [-0.15, -0.1) is 0 Å². The molecule has 3 N–H and O–H groups in total. The molecule has 0 spiro atoms. The van der Waals surface area contributed by atoms with Gasteiger partial charge in [0.2, 0.25) is 0 Å². The third-order valence-electron chi connectivity index (χ3n) is 2.92. The highest BCUT2D eigenvalue weighted by Gasteiger charge is 2.39. The van der Waals surface area contributed by atoms with Crippen LogP contribution in [0.25, 0.3) is 0 Å². The van der Waals surface area contributed by atoms with E-state index in [0.717, 1.165) is 24.3 Å². The maximum absolute atomic E-state index is 11.6. The molecule has 26 heavy (non-hydrogen) atoms. The first-order valence-corrected chi connectivity index (χ1v) is 10.7. The number of hydrazine groups is 1. The molecule has 0 aliphatic carbocycles. The van der Waals surface area contributed by atoms with E-state index in [1.807, 2.05) is 0 Å². The van der Waals surface area contributed by atoms with Crippen molar-refractivity contribution < 1.29 is 38.9 Å². The first kappa shape index (κ1) is 20.2. The van der Waals surface area contributed by atoms with Crippen LogP contribution in [0.3, 0.4) is 0 Å². The van der Waals surface area contributed by atoms with Crippen LogP contribution in [-0.2, 0) is 30.7 Å². The summed E-state index contributed by atoms with van der Waals surface area (Å²) in [7, 11) is -15.8. The predicted molar refractivity (Wildman–Crippen MR) is 89.8 cm³/mol. The average Bonchev–Trinajstić information content (AvgIpc) is 2.50. The highest BCUT2D eigenvalue weighted by atomic mass is 32.3. The van der Waals surface area contributed by atoms with Gasteiger partial charge in [0.05, 0.1) is 20.1 Å². The second-order valence-corrected chi connectivity index (χ2v) is 8.89. The molecular weight excluding hydrogens is 412 g/mol. The molecule has 0 unspecified atom stereocenters. The number of anilines is 2. The summed E-state index contributed by atoms with van der Waals surface area (Å²) in [5.74, 6) is 0. The number of para-hydroxylation sites is 1. The third-order valence-corrected chi connectivity index (χ3v) is 6.01. The Balaban J connectivity index is 2.83. The van der Waals surface area contributed by atoms with Crippen molar-refractivity contribution in [3.8, 4) is 0 Å². The maximum Gasteiger partial charge on any atom is 0.369 e. The summed E-state index contributed by atoms with van der Waals surface area (Å²) < 4.78 is 95.9. The standard InChI is InChI=1S/C12H12N2O9S3/c15-24(16,17)12-8-4-7-11(9-12)13(10-5-2-1-3-6-10)14(25(18,19)20)26(21,22)23/h1-9H,(H,15,16,17)(H,18,19,20)(H,21,22,23). The third kappa shape index (κ3) is 4.55. The van der Waals surface area contributed by atoms with E-state index >= 15 is 0 Å². The quantitative estimate of drug-likeness (QED) is 0.447. The van der Waals surface area contributed by atoms with E-state index in [0.29, 0.717) is 5.01 Å². The molecule has 0 atom stereocenters. The van der Waals surface area contributed by atoms with Crippen LogP contribution in [0.2, 0.25) is 0 Å². The van der Waals surface area contributed by atoms with Crippen LogP contribution in [0.15, 0.2) is 59.5 Å². The van der Waals surface area contributed by atoms with E-state index in [4.69, 9.17) is 4.55 Å². The molecule has 0 amide bonds. The molecule has 2 aromatic rings. The van der Waals surface area contributed by atoms with Crippen molar-refractivity contribution >= 4 is 42.1 Å². The second kappa shape index (κ2) is 6.92. The van der Waals surface area contributed by atoms with E-state index in [1.54, 1.807) is 0 Å². The summed E-state index contributed by atoms with van der Waals surface area (Å²) in [6.07, 6.45) is 0. The molecule has 142 valence electrons. The molecule has 0 aliphatic rings. The fourth-order valence-corrected chi connectivity index (χ4v) is 4.27. The Bertz CT molecular complexity index is 1080. The Morgan fingerprint density at radius 3 is 1.62 bits per heavy atom. The van der Waals surface area contributed by atoms with E-state index in [-0.39, 0.29) is 5.69 Å². The van der Waals surface area contributed by atoms with Gasteiger partial charge in [0.15, 0.2) is 0 Å². The highest BCUT2D eigenvalue weighted by Crippen LogP contribution is 2.31. The summed E-state index contributed by atoms with van der Waals surface area (Å²) in [4.78, 5) is -0.679. The fourth-order valence-electron chi connectivity index (χ4n) is 2.01. The van der Waals surface area contributed by atoms with Gasteiger partial charge in [0, 0.05) is 0 Å². The van der Waals surface area contributed by atoms with E-state index in [9.17, 15) is 34.4 Å². The van der Waals surface area contributed by atoms with E-state index in [1.165, 1.54) is 30.3 Å².